The van der Waals surface area contributed by atoms with E-state index in [0.717, 1.165) is 11.3 Å². The summed E-state index contributed by atoms with van der Waals surface area (Å²) < 4.78 is 14.5. The standard InChI is InChI=1S/C21H14Cl3FN2/c22-14-7-5-13(6-8-14)19-12-20(16-3-1-2-4-18(16)25)27(26-19)21-11-15(23)9-10-17(21)24/h1-11,20H,12H2. The Morgan fingerprint density at radius 2 is 1.59 bits per heavy atom. The van der Waals surface area contributed by atoms with E-state index in [4.69, 9.17) is 39.9 Å². The van der Waals surface area contributed by atoms with Gasteiger partial charge >= 0.3 is 0 Å². The normalized spacial score (nSPS) is 16.5. The molecule has 0 aromatic heterocycles. The molecule has 136 valence electrons. The summed E-state index contributed by atoms with van der Waals surface area (Å²) in [7, 11) is 0. The Labute approximate surface area is 171 Å². The van der Waals surface area contributed by atoms with Crippen molar-refractivity contribution >= 4 is 46.2 Å². The molecule has 0 radical (unpaired) electrons. The van der Waals surface area contributed by atoms with Crippen LogP contribution in [0.1, 0.15) is 23.6 Å². The summed E-state index contributed by atoms with van der Waals surface area (Å²) in [5.74, 6) is -0.279. The van der Waals surface area contributed by atoms with Crippen molar-refractivity contribution in [3.8, 4) is 0 Å². The Hall–Kier alpha value is -2.07. The van der Waals surface area contributed by atoms with Crippen molar-refractivity contribution < 1.29 is 4.39 Å². The lowest BCUT2D eigenvalue weighted by Gasteiger charge is -2.25. The minimum absolute atomic E-state index is 0.279. The average Bonchev–Trinajstić information content (AvgIpc) is 3.09. The third-order valence-electron chi connectivity index (χ3n) is 4.51. The van der Waals surface area contributed by atoms with E-state index in [2.05, 4.69) is 0 Å². The smallest absolute Gasteiger partial charge is 0.128 e. The van der Waals surface area contributed by atoms with Gasteiger partial charge in [-0.05, 0) is 42.0 Å². The van der Waals surface area contributed by atoms with E-state index >= 15 is 0 Å². The fraction of sp³-hybridized carbons (Fsp3) is 0.0952. The molecule has 1 heterocycles. The molecule has 0 saturated heterocycles. The van der Waals surface area contributed by atoms with Gasteiger partial charge in [-0.1, -0.05) is 65.1 Å². The molecule has 0 amide bonds. The van der Waals surface area contributed by atoms with Gasteiger partial charge in [-0.15, -0.1) is 0 Å². The van der Waals surface area contributed by atoms with Crippen molar-refractivity contribution in [1.29, 1.82) is 0 Å². The van der Waals surface area contributed by atoms with E-state index in [-0.39, 0.29) is 11.9 Å². The van der Waals surface area contributed by atoms with Crippen molar-refractivity contribution in [2.45, 2.75) is 12.5 Å². The largest absolute Gasteiger partial charge is 0.256 e. The van der Waals surface area contributed by atoms with E-state index in [1.807, 2.05) is 30.3 Å². The zero-order valence-corrected chi connectivity index (χ0v) is 16.3. The maximum atomic E-state index is 14.5. The summed E-state index contributed by atoms with van der Waals surface area (Å²) >= 11 is 18.6. The van der Waals surface area contributed by atoms with Crippen molar-refractivity contribution in [3.05, 3.63) is 98.7 Å². The maximum absolute atomic E-state index is 14.5. The molecule has 0 saturated carbocycles. The van der Waals surface area contributed by atoms with E-state index in [1.54, 1.807) is 35.3 Å². The van der Waals surface area contributed by atoms with Crippen molar-refractivity contribution in [1.82, 2.24) is 0 Å². The van der Waals surface area contributed by atoms with Crippen LogP contribution < -0.4 is 5.01 Å². The van der Waals surface area contributed by atoms with Crippen LogP contribution in [0.5, 0.6) is 0 Å². The van der Waals surface area contributed by atoms with Gasteiger partial charge in [0.15, 0.2) is 0 Å². The van der Waals surface area contributed by atoms with Crippen LogP contribution in [0.25, 0.3) is 0 Å². The first-order chi connectivity index (χ1) is 13.0. The van der Waals surface area contributed by atoms with E-state index < -0.39 is 0 Å². The monoisotopic (exact) mass is 418 g/mol. The molecule has 1 unspecified atom stereocenters. The Morgan fingerprint density at radius 1 is 0.889 bits per heavy atom. The number of nitrogens with zero attached hydrogens (tertiary/aromatic N) is 2. The number of hydrogen-bond acceptors (Lipinski definition) is 2. The second kappa shape index (κ2) is 7.51. The van der Waals surface area contributed by atoms with Crippen LogP contribution in [0, 0.1) is 5.82 Å². The van der Waals surface area contributed by atoms with Gasteiger partial charge in [-0.2, -0.15) is 5.10 Å². The van der Waals surface area contributed by atoms with Gasteiger partial charge in [0.05, 0.1) is 22.5 Å². The van der Waals surface area contributed by atoms with Crippen LogP contribution in [0.2, 0.25) is 15.1 Å². The molecule has 1 atom stereocenters. The van der Waals surface area contributed by atoms with Gasteiger partial charge in [-0.25, -0.2) is 4.39 Å². The number of halogens is 4. The molecule has 6 heteroatoms. The van der Waals surface area contributed by atoms with Crippen LogP contribution in [0.15, 0.2) is 71.8 Å². The van der Waals surface area contributed by atoms with Crippen LogP contribution in [-0.2, 0) is 0 Å². The maximum Gasteiger partial charge on any atom is 0.128 e. The fourth-order valence-electron chi connectivity index (χ4n) is 3.20. The van der Waals surface area contributed by atoms with Gasteiger partial charge in [0.1, 0.15) is 5.82 Å². The zero-order valence-electron chi connectivity index (χ0n) is 14.0. The molecule has 0 aliphatic carbocycles. The van der Waals surface area contributed by atoms with Gasteiger partial charge in [0.2, 0.25) is 0 Å². The number of hydrogen-bond donors (Lipinski definition) is 0. The van der Waals surface area contributed by atoms with Gasteiger partial charge in [-0.3, -0.25) is 5.01 Å². The topological polar surface area (TPSA) is 15.6 Å². The molecular weight excluding hydrogens is 406 g/mol. The van der Waals surface area contributed by atoms with Crippen molar-refractivity contribution in [3.63, 3.8) is 0 Å². The first-order valence-corrected chi connectivity index (χ1v) is 9.48. The average molecular weight is 420 g/mol. The lowest BCUT2D eigenvalue weighted by atomic mass is 9.98. The van der Waals surface area contributed by atoms with E-state index in [0.29, 0.717) is 32.7 Å². The van der Waals surface area contributed by atoms with Crippen LogP contribution in [0.3, 0.4) is 0 Å². The molecule has 1 aliphatic rings. The molecule has 4 rings (SSSR count). The molecule has 0 spiro atoms. The third-order valence-corrected chi connectivity index (χ3v) is 5.31. The highest BCUT2D eigenvalue weighted by Crippen LogP contribution is 2.41. The fourth-order valence-corrected chi connectivity index (χ4v) is 3.69. The molecule has 1 aliphatic heterocycles. The Kier molecular flexibility index (Phi) is 5.09. The summed E-state index contributed by atoms with van der Waals surface area (Å²) in [4.78, 5) is 0. The van der Waals surface area contributed by atoms with Crippen LogP contribution in [-0.4, -0.2) is 5.71 Å². The van der Waals surface area contributed by atoms with Crippen LogP contribution in [0.4, 0.5) is 10.1 Å². The molecule has 0 N–H and O–H groups in total. The highest BCUT2D eigenvalue weighted by molar-refractivity contribution is 6.35. The van der Waals surface area contributed by atoms with Gasteiger partial charge < -0.3 is 0 Å². The second-order valence-electron chi connectivity index (χ2n) is 6.24. The first kappa shape index (κ1) is 18.3. The molecule has 2 nitrogen and oxygen atoms in total. The van der Waals surface area contributed by atoms with E-state index in [9.17, 15) is 4.39 Å². The molecule has 3 aromatic carbocycles. The number of benzene rings is 3. The Balaban J connectivity index is 1.82. The predicted octanol–water partition coefficient (Wildman–Crippen LogP) is 7.14. The Morgan fingerprint density at radius 3 is 2.33 bits per heavy atom. The lowest BCUT2D eigenvalue weighted by molar-refractivity contribution is 0.579. The summed E-state index contributed by atoms with van der Waals surface area (Å²) in [5, 5.41) is 8.19. The quantitative estimate of drug-likeness (QED) is 0.440. The molecular formula is C21H14Cl3FN2. The molecule has 3 aromatic rings. The number of hydrazone groups is 1. The molecule has 0 bridgehead atoms. The zero-order chi connectivity index (χ0) is 19.0. The first-order valence-electron chi connectivity index (χ1n) is 8.35. The predicted molar refractivity (Wildman–Crippen MR) is 111 cm³/mol. The SMILES string of the molecule is Fc1ccccc1C1CC(c2ccc(Cl)cc2)=NN1c1cc(Cl)ccc1Cl. The number of rotatable bonds is 3. The minimum Gasteiger partial charge on any atom is -0.256 e. The highest BCUT2D eigenvalue weighted by atomic mass is 35.5. The third kappa shape index (κ3) is 3.68. The summed E-state index contributed by atoms with van der Waals surface area (Å²) in [5.41, 5.74) is 2.96. The Bertz CT molecular complexity index is 1020. The number of anilines is 1. The molecule has 0 fully saturated rings. The van der Waals surface area contributed by atoms with Gasteiger partial charge in [0, 0.05) is 22.0 Å². The van der Waals surface area contributed by atoms with Crippen molar-refractivity contribution in [2.75, 3.05) is 5.01 Å². The minimum atomic E-state index is -0.326. The van der Waals surface area contributed by atoms with E-state index in [1.165, 1.54) is 6.07 Å². The van der Waals surface area contributed by atoms with Crippen LogP contribution >= 0.6 is 34.8 Å². The highest BCUT2D eigenvalue weighted by Gasteiger charge is 2.32. The van der Waals surface area contributed by atoms with Crippen molar-refractivity contribution in [2.24, 2.45) is 5.10 Å². The second-order valence-corrected chi connectivity index (χ2v) is 7.52. The molecule has 27 heavy (non-hydrogen) atoms. The lowest BCUT2D eigenvalue weighted by Crippen LogP contribution is -2.20. The summed E-state index contributed by atoms with van der Waals surface area (Å²) in [6.45, 7) is 0. The van der Waals surface area contributed by atoms with Gasteiger partial charge in [0.25, 0.3) is 0 Å². The summed E-state index contributed by atoms with van der Waals surface area (Å²) in [6, 6.07) is 19.0. The summed E-state index contributed by atoms with van der Waals surface area (Å²) in [6.07, 6.45) is 0.533.